The molecule has 4 rings (SSSR count). The first-order valence-electron chi connectivity index (χ1n) is 8.46. The number of methoxy groups -OCH3 is 1. The summed E-state index contributed by atoms with van der Waals surface area (Å²) in [6.07, 6.45) is 0. The van der Waals surface area contributed by atoms with Crippen molar-refractivity contribution in [3.8, 4) is 5.75 Å². The standard InChI is InChI=1S/C22H18ClNO2/c1-26-18-9-5-8-16(12-18)21-19-11-10-17(23)13-20(19)24(22(21)25)14-15-6-3-2-4-7-15/h2-13,21H,14H2,1H3. The molecule has 0 saturated carbocycles. The molecule has 0 aromatic heterocycles. The van der Waals surface area contributed by atoms with E-state index >= 15 is 0 Å². The summed E-state index contributed by atoms with van der Waals surface area (Å²) in [5.41, 5.74) is 3.86. The molecule has 1 aliphatic rings. The topological polar surface area (TPSA) is 29.5 Å². The van der Waals surface area contributed by atoms with Crippen molar-refractivity contribution >= 4 is 23.2 Å². The van der Waals surface area contributed by atoms with Crippen LogP contribution in [0, 0.1) is 0 Å². The number of anilines is 1. The fourth-order valence-corrected chi connectivity index (χ4v) is 3.64. The maximum absolute atomic E-state index is 13.3. The summed E-state index contributed by atoms with van der Waals surface area (Å²) in [5.74, 6) is 0.452. The SMILES string of the molecule is COc1cccc(C2C(=O)N(Cc3ccccc3)c3cc(Cl)ccc32)c1. The molecule has 1 amide bonds. The molecule has 0 aliphatic carbocycles. The molecule has 130 valence electrons. The van der Waals surface area contributed by atoms with Crippen LogP contribution in [0.4, 0.5) is 5.69 Å². The summed E-state index contributed by atoms with van der Waals surface area (Å²) in [6.45, 7) is 0.521. The predicted octanol–water partition coefficient (Wildman–Crippen LogP) is 5.03. The van der Waals surface area contributed by atoms with E-state index in [1.807, 2.05) is 77.7 Å². The first-order chi connectivity index (χ1) is 12.7. The summed E-state index contributed by atoms with van der Waals surface area (Å²) < 4.78 is 5.33. The maximum Gasteiger partial charge on any atom is 0.239 e. The van der Waals surface area contributed by atoms with Gasteiger partial charge >= 0.3 is 0 Å². The average Bonchev–Trinajstić information content (AvgIpc) is 2.94. The number of rotatable bonds is 4. The first-order valence-corrected chi connectivity index (χ1v) is 8.84. The zero-order chi connectivity index (χ0) is 18.1. The van der Waals surface area contributed by atoms with Crippen molar-refractivity contribution in [3.05, 3.63) is 94.5 Å². The molecule has 0 spiro atoms. The summed E-state index contributed by atoms with van der Waals surface area (Å²) in [6, 6.07) is 23.3. The van der Waals surface area contributed by atoms with Gasteiger partial charge < -0.3 is 9.64 Å². The summed E-state index contributed by atoms with van der Waals surface area (Å²) in [4.78, 5) is 15.1. The van der Waals surface area contributed by atoms with Gasteiger partial charge in [0.2, 0.25) is 5.91 Å². The third kappa shape index (κ3) is 2.95. The highest BCUT2D eigenvalue weighted by Crippen LogP contribution is 2.43. The number of halogens is 1. The Hall–Kier alpha value is -2.78. The summed E-state index contributed by atoms with van der Waals surface area (Å²) in [7, 11) is 1.63. The molecule has 0 N–H and O–H groups in total. The van der Waals surface area contributed by atoms with Gasteiger partial charge in [-0.1, -0.05) is 60.1 Å². The Bertz CT molecular complexity index is 955. The van der Waals surface area contributed by atoms with Crippen molar-refractivity contribution in [1.29, 1.82) is 0 Å². The number of benzene rings is 3. The minimum atomic E-state index is -0.346. The molecule has 3 aromatic carbocycles. The second-order valence-electron chi connectivity index (χ2n) is 6.32. The highest BCUT2D eigenvalue weighted by Gasteiger charge is 2.38. The van der Waals surface area contributed by atoms with E-state index in [9.17, 15) is 4.79 Å². The Morgan fingerprint density at radius 3 is 2.58 bits per heavy atom. The van der Waals surface area contributed by atoms with Gasteiger partial charge in [-0.05, 0) is 41.0 Å². The van der Waals surface area contributed by atoms with Gasteiger partial charge in [0.15, 0.2) is 0 Å². The van der Waals surface area contributed by atoms with Crippen molar-refractivity contribution in [2.45, 2.75) is 12.5 Å². The van der Waals surface area contributed by atoms with E-state index < -0.39 is 0 Å². The molecule has 0 bridgehead atoms. The van der Waals surface area contributed by atoms with Crippen LogP contribution in [-0.2, 0) is 11.3 Å². The largest absolute Gasteiger partial charge is 0.497 e. The van der Waals surface area contributed by atoms with Crippen molar-refractivity contribution in [3.63, 3.8) is 0 Å². The Balaban J connectivity index is 1.78. The summed E-state index contributed by atoms with van der Waals surface area (Å²) in [5, 5.41) is 0.626. The van der Waals surface area contributed by atoms with Crippen molar-refractivity contribution < 1.29 is 9.53 Å². The lowest BCUT2D eigenvalue weighted by molar-refractivity contribution is -0.118. The smallest absolute Gasteiger partial charge is 0.239 e. The van der Waals surface area contributed by atoms with Gasteiger partial charge in [-0.15, -0.1) is 0 Å². The number of carbonyl (C=O) groups is 1. The van der Waals surface area contributed by atoms with E-state index in [-0.39, 0.29) is 11.8 Å². The van der Waals surface area contributed by atoms with Gasteiger partial charge in [0, 0.05) is 10.7 Å². The normalized spacial score (nSPS) is 15.8. The molecule has 0 fully saturated rings. The number of carbonyl (C=O) groups excluding carboxylic acids is 1. The molecule has 0 radical (unpaired) electrons. The lowest BCUT2D eigenvalue weighted by atomic mass is 9.92. The third-order valence-corrected chi connectivity index (χ3v) is 4.95. The molecule has 1 heterocycles. The van der Waals surface area contributed by atoms with Crippen molar-refractivity contribution in [1.82, 2.24) is 0 Å². The van der Waals surface area contributed by atoms with Crippen LogP contribution in [0.15, 0.2) is 72.8 Å². The van der Waals surface area contributed by atoms with Crippen LogP contribution >= 0.6 is 11.6 Å². The number of hydrogen-bond acceptors (Lipinski definition) is 2. The quantitative estimate of drug-likeness (QED) is 0.650. The Labute approximate surface area is 157 Å². The number of fused-ring (bicyclic) bond motifs is 1. The van der Waals surface area contributed by atoms with Crippen LogP contribution in [0.25, 0.3) is 0 Å². The molecule has 26 heavy (non-hydrogen) atoms. The van der Waals surface area contributed by atoms with E-state index in [0.717, 1.165) is 28.1 Å². The van der Waals surface area contributed by atoms with Crippen molar-refractivity contribution in [2.24, 2.45) is 0 Å². The van der Waals surface area contributed by atoms with E-state index in [1.54, 1.807) is 7.11 Å². The molecule has 4 heteroatoms. The van der Waals surface area contributed by atoms with Gasteiger partial charge in [-0.2, -0.15) is 0 Å². The minimum absolute atomic E-state index is 0.0550. The molecule has 3 nitrogen and oxygen atoms in total. The van der Waals surface area contributed by atoms with Gasteiger partial charge in [0.25, 0.3) is 0 Å². The van der Waals surface area contributed by atoms with Gasteiger partial charge in [-0.25, -0.2) is 0 Å². The average molecular weight is 364 g/mol. The Morgan fingerprint density at radius 1 is 1.00 bits per heavy atom. The van der Waals surface area contributed by atoms with E-state index in [4.69, 9.17) is 16.3 Å². The predicted molar refractivity (Wildman–Crippen MR) is 104 cm³/mol. The number of ether oxygens (including phenoxy) is 1. The van der Waals surface area contributed by atoms with Gasteiger partial charge in [-0.3, -0.25) is 4.79 Å². The second-order valence-corrected chi connectivity index (χ2v) is 6.76. The second kappa shape index (κ2) is 6.85. The summed E-state index contributed by atoms with van der Waals surface area (Å²) >= 11 is 6.22. The van der Waals surface area contributed by atoms with Crippen LogP contribution in [0.1, 0.15) is 22.6 Å². The maximum atomic E-state index is 13.3. The van der Waals surface area contributed by atoms with Crippen LogP contribution < -0.4 is 9.64 Å². The molecular formula is C22H18ClNO2. The zero-order valence-corrected chi connectivity index (χ0v) is 15.1. The highest BCUT2D eigenvalue weighted by atomic mass is 35.5. The zero-order valence-electron chi connectivity index (χ0n) is 14.4. The van der Waals surface area contributed by atoms with Crippen LogP contribution in [0.3, 0.4) is 0 Å². The number of nitrogens with zero attached hydrogens (tertiary/aromatic N) is 1. The minimum Gasteiger partial charge on any atom is -0.497 e. The lowest BCUT2D eigenvalue weighted by Crippen LogP contribution is -2.28. The molecular weight excluding hydrogens is 346 g/mol. The molecule has 1 atom stereocenters. The van der Waals surface area contributed by atoms with Gasteiger partial charge in [0.05, 0.1) is 19.6 Å². The molecule has 0 saturated heterocycles. The van der Waals surface area contributed by atoms with Gasteiger partial charge in [0.1, 0.15) is 5.75 Å². The van der Waals surface area contributed by atoms with E-state index in [1.165, 1.54) is 0 Å². The van der Waals surface area contributed by atoms with E-state index in [2.05, 4.69) is 0 Å². The first kappa shape index (κ1) is 16.7. The highest BCUT2D eigenvalue weighted by molar-refractivity contribution is 6.31. The van der Waals surface area contributed by atoms with Crippen molar-refractivity contribution in [2.75, 3.05) is 12.0 Å². The van der Waals surface area contributed by atoms with E-state index in [0.29, 0.717) is 11.6 Å². The van der Waals surface area contributed by atoms with Crippen LogP contribution in [0.2, 0.25) is 5.02 Å². The number of amides is 1. The fraction of sp³-hybridized carbons (Fsp3) is 0.136. The lowest BCUT2D eigenvalue weighted by Gasteiger charge is -2.18. The third-order valence-electron chi connectivity index (χ3n) is 4.72. The monoisotopic (exact) mass is 363 g/mol. The Morgan fingerprint density at radius 2 is 1.81 bits per heavy atom. The number of hydrogen-bond donors (Lipinski definition) is 0. The molecule has 1 aliphatic heterocycles. The van der Waals surface area contributed by atoms with Crippen LogP contribution in [-0.4, -0.2) is 13.0 Å². The molecule has 3 aromatic rings. The molecule has 1 unspecified atom stereocenters. The fourth-order valence-electron chi connectivity index (χ4n) is 3.47. The Kier molecular flexibility index (Phi) is 4.39. The van der Waals surface area contributed by atoms with Crippen LogP contribution in [0.5, 0.6) is 5.75 Å².